The molecular formula is C29H26N2O5. The van der Waals surface area contributed by atoms with Crippen molar-refractivity contribution in [3.05, 3.63) is 108 Å². The van der Waals surface area contributed by atoms with Crippen LogP contribution in [0.1, 0.15) is 42.1 Å². The fourth-order valence-electron chi connectivity index (χ4n) is 4.27. The van der Waals surface area contributed by atoms with E-state index >= 15 is 0 Å². The lowest BCUT2D eigenvalue weighted by Gasteiger charge is -2.35. The third kappa shape index (κ3) is 5.78. The number of hydrogen-bond acceptors (Lipinski definition) is 6. The van der Waals surface area contributed by atoms with Crippen molar-refractivity contribution in [3.63, 3.8) is 0 Å². The smallest absolute Gasteiger partial charge is 0.417 e. The van der Waals surface area contributed by atoms with Crippen LogP contribution in [0.5, 0.6) is 0 Å². The SMILES string of the molecule is N#CC[C@H]1CC[C@@H](C(=O)OC(c2ccccc2)c2ccccc2)N(C(=O)OCc2ccccc2)C1=O. The number of carbonyl (C=O) groups is 3. The van der Waals surface area contributed by atoms with E-state index in [1.165, 1.54) is 0 Å². The number of rotatable bonds is 7. The summed E-state index contributed by atoms with van der Waals surface area (Å²) in [6, 6.07) is 28.4. The van der Waals surface area contributed by atoms with Crippen LogP contribution in [0, 0.1) is 17.2 Å². The summed E-state index contributed by atoms with van der Waals surface area (Å²) in [5.74, 6) is -1.98. The van der Waals surface area contributed by atoms with Crippen LogP contribution in [0.15, 0.2) is 91.0 Å². The van der Waals surface area contributed by atoms with E-state index < -0.39 is 36.0 Å². The van der Waals surface area contributed by atoms with Crippen molar-refractivity contribution in [1.29, 1.82) is 5.26 Å². The standard InChI is InChI=1S/C29H26N2O5/c30-19-18-24-16-17-25(31(27(24)32)29(34)35-20-21-10-4-1-5-11-21)28(33)36-26(22-12-6-2-7-13-22)23-14-8-3-9-15-23/h1-15,24-26H,16-18,20H2/t24-,25+/m1/s1. The fourth-order valence-corrected chi connectivity index (χ4v) is 4.27. The minimum absolute atomic E-state index is 0.0419. The molecule has 0 saturated carbocycles. The number of nitriles is 1. The first-order valence-electron chi connectivity index (χ1n) is 11.8. The highest BCUT2D eigenvalue weighted by Crippen LogP contribution is 2.31. The van der Waals surface area contributed by atoms with Gasteiger partial charge in [-0.05, 0) is 29.5 Å². The Kier molecular flexibility index (Phi) is 8.09. The van der Waals surface area contributed by atoms with Crippen LogP contribution in [0.2, 0.25) is 0 Å². The molecule has 1 aliphatic heterocycles. The lowest BCUT2D eigenvalue weighted by molar-refractivity contribution is -0.161. The van der Waals surface area contributed by atoms with Gasteiger partial charge in [-0.1, -0.05) is 91.0 Å². The molecule has 1 aliphatic rings. The van der Waals surface area contributed by atoms with E-state index in [9.17, 15) is 14.4 Å². The van der Waals surface area contributed by atoms with Gasteiger partial charge in [0, 0.05) is 6.42 Å². The van der Waals surface area contributed by atoms with Crippen LogP contribution in [-0.2, 0) is 25.7 Å². The third-order valence-corrected chi connectivity index (χ3v) is 6.14. The van der Waals surface area contributed by atoms with Gasteiger partial charge in [0.25, 0.3) is 0 Å². The quantitative estimate of drug-likeness (QED) is 0.431. The third-order valence-electron chi connectivity index (χ3n) is 6.14. The van der Waals surface area contributed by atoms with E-state index in [0.717, 1.165) is 21.6 Å². The van der Waals surface area contributed by atoms with Crippen molar-refractivity contribution in [2.24, 2.45) is 5.92 Å². The van der Waals surface area contributed by atoms with Gasteiger partial charge in [0.1, 0.15) is 12.6 Å². The van der Waals surface area contributed by atoms with Gasteiger partial charge < -0.3 is 9.47 Å². The Morgan fingerprint density at radius 2 is 1.44 bits per heavy atom. The summed E-state index contributed by atoms with van der Waals surface area (Å²) in [5, 5.41) is 9.13. The average Bonchev–Trinajstić information content (AvgIpc) is 2.93. The monoisotopic (exact) mass is 482 g/mol. The summed E-state index contributed by atoms with van der Waals surface area (Å²) >= 11 is 0. The Morgan fingerprint density at radius 1 is 0.889 bits per heavy atom. The first-order valence-corrected chi connectivity index (χ1v) is 11.8. The number of nitrogens with zero attached hydrogens (tertiary/aromatic N) is 2. The van der Waals surface area contributed by atoms with Gasteiger partial charge >= 0.3 is 12.1 Å². The number of benzene rings is 3. The predicted octanol–water partition coefficient (Wildman–Crippen LogP) is 5.18. The molecule has 2 amide bonds. The zero-order chi connectivity index (χ0) is 25.3. The van der Waals surface area contributed by atoms with E-state index in [-0.39, 0.29) is 19.4 Å². The van der Waals surface area contributed by atoms with Gasteiger partial charge in [-0.15, -0.1) is 0 Å². The molecule has 1 heterocycles. The molecule has 4 rings (SSSR count). The second kappa shape index (κ2) is 11.8. The number of esters is 1. The zero-order valence-electron chi connectivity index (χ0n) is 19.7. The molecule has 1 fully saturated rings. The minimum Gasteiger partial charge on any atom is -0.451 e. The molecule has 3 aromatic carbocycles. The largest absolute Gasteiger partial charge is 0.451 e. The van der Waals surface area contributed by atoms with Crippen LogP contribution in [-0.4, -0.2) is 28.9 Å². The molecule has 0 unspecified atom stereocenters. The first-order chi connectivity index (χ1) is 17.6. The highest BCUT2D eigenvalue weighted by molar-refractivity contribution is 5.99. The second-order valence-corrected chi connectivity index (χ2v) is 8.54. The van der Waals surface area contributed by atoms with Crippen molar-refractivity contribution in [3.8, 4) is 6.07 Å². The molecule has 0 aromatic heterocycles. The molecular weight excluding hydrogens is 456 g/mol. The molecule has 0 aliphatic carbocycles. The van der Waals surface area contributed by atoms with Crippen LogP contribution in [0.4, 0.5) is 4.79 Å². The van der Waals surface area contributed by atoms with E-state index in [1.54, 1.807) is 12.1 Å². The van der Waals surface area contributed by atoms with E-state index in [4.69, 9.17) is 14.7 Å². The molecule has 0 spiro atoms. The maximum atomic E-state index is 13.5. The number of hydrogen-bond donors (Lipinski definition) is 0. The molecule has 0 N–H and O–H groups in total. The summed E-state index contributed by atoms with van der Waals surface area (Å²) < 4.78 is 11.3. The second-order valence-electron chi connectivity index (χ2n) is 8.54. The normalized spacial score (nSPS) is 17.3. The number of piperidine rings is 1. The Bertz CT molecular complexity index is 1190. The molecule has 182 valence electrons. The Morgan fingerprint density at radius 3 is 2.00 bits per heavy atom. The molecule has 7 nitrogen and oxygen atoms in total. The molecule has 36 heavy (non-hydrogen) atoms. The number of ether oxygens (including phenoxy) is 2. The van der Waals surface area contributed by atoms with Crippen LogP contribution in [0.3, 0.4) is 0 Å². The van der Waals surface area contributed by atoms with Crippen LogP contribution in [0.25, 0.3) is 0 Å². The molecule has 0 bridgehead atoms. The number of imide groups is 1. The summed E-state index contributed by atoms with van der Waals surface area (Å²) in [4.78, 5) is 40.5. The van der Waals surface area contributed by atoms with Gasteiger partial charge in [-0.3, -0.25) is 4.79 Å². The van der Waals surface area contributed by atoms with Crippen LogP contribution >= 0.6 is 0 Å². The van der Waals surface area contributed by atoms with Gasteiger partial charge in [-0.2, -0.15) is 5.26 Å². The predicted molar refractivity (Wildman–Crippen MR) is 131 cm³/mol. The Labute approximate surface area is 209 Å². The fraction of sp³-hybridized carbons (Fsp3) is 0.241. The van der Waals surface area contributed by atoms with E-state index in [0.29, 0.717) is 6.42 Å². The number of amides is 2. The molecule has 3 aromatic rings. The molecule has 0 radical (unpaired) electrons. The first kappa shape index (κ1) is 24.7. The van der Waals surface area contributed by atoms with Crippen LogP contribution < -0.4 is 0 Å². The minimum atomic E-state index is -1.15. The Hall–Kier alpha value is -4.44. The summed E-state index contributed by atoms with van der Waals surface area (Å²) in [5.41, 5.74) is 2.27. The van der Waals surface area contributed by atoms with Gasteiger partial charge in [0.2, 0.25) is 5.91 Å². The topological polar surface area (TPSA) is 96.7 Å². The van der Waals surface area contributed by atoms with Gasteiger partial charge in [-0.25, -0.2) is 14.5 Å². The molecule has 1 saturated heterocycles. The van der Waals surface area contributed by atoms with Gasteiger partial charge in [0.15, 0.2) is 6.10 Å². The summed E-state index contributed by atoms with van der Waals surface area (Å²) in [6.07, 6.45) is -1.19. The molecule has 2 atom stereocenters. The maximum absolute atomic E-state index is 13.5. The maximum Gasteiger partial charge on any atom is 0.417 e. The lowest BCUT2D eigenvalue weighted by atomic mass is 9.90. The van der Waals surface area contributed by atoms with Crippen molar-refractivity contribution in [1.82, 2.24) is 4.90 Å². The van der Waals surface area contributed by atoms with Crippen molar-refractivity contribution in [2.75, 3.05) is 0 Å². The van der Waals surface area contributed by atoms with Crippen molar-refractivity contribution < 1.29 is 23.9 Å². The number of carbonyl (C=O) groups excluding carboxylic acids is 3. The zero-order valence-corrected chi connectivity index (χ0v) is 19.7. The summed E-state index contributed by atoms with van der Waals surface area (Å²) in [7, 11) is 0. The Balaban J connectivity index is 1.57. The summed E-state index contributed by atoms with van der Waals surface area (Å²) in [6.45, 7) is -0.0508. The highest BCUT2D eigenvalue weighted by atomic mass is 16.6. The highest BCUT2D eigenvalue weighted by Gasteiger charge is 2.44. The van der Waals surface area contributed by atoms with Crippen molar-refractivity contribution >= 4 is 18.0 Å². The lowest BCUT2D eigenvalue weighted by Crippen LogP contribution is -2.54. The number of likely N-dealkylation sites (tertiary alicyclic amines) is 1. The van der Waals surface area contributed by atoms with Gasteiger partial charge in [0.05, 0.1) is 12.0 Å². The average molecular weight is 483 g/mol. The van der Waals surface area contributed by atoms with Crippen molar-refractivity contribution in [2.45, 2.75) is 38.0 Å². The molecule has 7 heteroatoms. The van der Waals surface area contributed by atoms with E-state index in [1.807, 2.05) is 84.9 Å². The van der Waals surface area contributed by atoms with E-state index in [2.05, 4.69) is 0 Å².